The number of nitrogens with one attached hydrogen (secondary N) is 1. The van der Waals surface area contributed by atoms with Crippen molar-refractivity contribution in [2.24, 2.45) is 5.92 Å². The Kier molecular flexibility index (Phi) is 7.52. The molecule has 2 N–H and O–H groups in total. The number of anilines is 1. The summed E-state index contributed by atoms with van der Waals surface area (Å²) in [4.78, 5) is 24.4. The summed E-state index contributed by atoms with van der Waals surface area (Å²) in [6.07, 6.45) is 2.91. The lowest BCUT2D eigenvalue weighted by atomic mass is 9.99. The normalized spacial score (nSPS) is 18.1. The van der Waals surface area contributed by atoms with Crippen LogP contribution in [0, 0.1) is 5.92 Å². The summed E-state index contributed by atoms with van der Waals surface area (Å²) >= 11 is 13.3. The van der Waals surface area contributed by atoms with Crippen molar-refractivity contribution in [2.45, 2.75) is 31.4 Å². The van der Waals surface area contributed by atoms with Gasteiger partial charge in [-0.15, -0.1) is 0 Å². The Balaban J connectivity index is 1.38. The Morgan fingerprint density at radius 1 is 1.16 bits per heavy atom. The van der Waals surface area contributed by atoms with E-state index in [1.165, 1.54) is 0 Å². The first-order chi connectivity index (χ1) is 18.3. The fraction of sp³-hybridized carbons (Fsp3) is 0.310. The summed E-state index contributed by atoms with van der Waals surface area (Å²) in [6.45, 7) is 1.78. The van der Waals surface area contributed by atoms with Crippen LogP contribution < -0.4 is 14.8 Å². The third kappa shape index (κ3) is 5.32. The summed E-state index contributed by atoms with van der Waals surface area (Å²) in [5, 5.41) is 12.9. The van der Waals surface area contributed by atoms with Crippen molar-refractivity contribution in [3.8, 4) is 22.6 Å². The van der Waals surface area contributed by atoms with Crippen LogP contribution >= 0.6 is 23.2 Å². The molecule has 1 saturated carbocycles. The molecular formula is C29H28Cl2N2O5. The van der Waals surface area contributed by atoms with Gasteiger partial charge in [0.25, 0.3) is 0 Å². The maximum Gasteiger partial charge on any atom is 0.307 e. The third-order valence-electron chi connectivity index (χ3n) is 7.27. The number of carbonyl (C=O) groups excluding carboxylic acids is 1. The second-order valence-corrected chi connectivity index (χ2v) is 10.5. The second kappa shape index (κ2) is 10.8. The number of likely N-dealkylation sites (tertiary alicyclic amines) is 1. The molecule has 1 saturated heterocycles. The van der Waals surface area contributed by atoms with Crippen LogP contribution in [0.1, 0.15) is 30.4 Å². The number of nitrogens with zero attached hydrogens (tertiary/aromatic N) is 1. The van der Waals surface area contributed by atoms with Crippen molar-refractivity contribution < 1.29 is 24.2 Å². The van der Waals surface area contributed by atoms with Crippen molar-refractivity contribution in [1.29, 1.82) is 0 Å². The molecule has 0 spiro atoms. The van der Waals surface area contributed by atoms with Gasteiger partial charge in [-0.25, -0.2) is 0 Å². The monoisotopic (exact) mass is 554 g/mol. The van der Waals surface area contributed by atoms with Crippen LogP contribution in [-0.2, 0) is 21.7 Å². The van der Waals surface area contributed by atoms with Gasteiger partial charge in [-0.3, -0.25) is 14.5 Å². The van der Waals surface area contributed by atoms with Gasteiger partial charge >= 0.3 is 5.97 Å². The Morgan fingerprint density at radius 2 is 1.95 bits per heavy atom. The molecule has 1 aliphatic carbocycles. The Morgan fingerprint density at radius 3 is 2.63 bits per heavy atom. The molecule has 5 rings (SSSR count). The molecule has 1 atom stereocenters. The first kappa shape index (κ1) is 26.4. The number of carbonyl (C=O) groups is 2. The van der Waals surface area contributed by atoms with Crippen molar-refractivity contribution in [3.05, 3.63) is 75.8 Å². The SMILES string of the molecule is COc1cc(OC2(c3cccc(-c4cccc(NC=O)c4Cl)c3)CC2)c(Cl)cc1CN1CCC(C(=O)O)C1. The predicted octanol–water partition coefficient (Wildman–Crippen LogP) is 6.21. The van der Waals surface area contributed by atoms with Crippen molar-refractivity contribution in [1.82, 2.24) is 4.90 Å². The molecule has 0 aromatic heterocycles. The van der Waals surface area contributed by atoms with Crippen molar-refractivity contribution in [2.75, 3.05) is 25.5 Å². The van der Waals surface area contributed by atoms with E-state index in [9.17, 15) is 14.7 Å². The van der Waals surface area contributed by atoms with Gasteiger partial charge in [0.15, 0.2) is 0 Å². The number of halogens is 2. The van der Waals surface area contributed by atoms with Gasteiger partial charge in [-0.2, -0.15) is 0 Å². The van der Waals surface area contributed by atoms with Crippen LogP contribution in [0.3, 0.4) is 0 Å². The van der Waals surface area contributed by atoms with Crippen molar-refractivity contribution >= 4 is 41.3 Å². The predicted molar refractivity (Wildman–Crippen MR) is 147 cm³/mol. The number of carboxylic acid groups (broad SMARTS) is 1. The molecule has 9 heteroatoms. The summed E-state index contributed by atoms with van der Waals surface area (Å²) in [5.74, 6) is 0.0880. The van der Waals surface area contributed by atoms with Gasteiger partial charge in [-0.05, 0) is 55.1 Å². The van der Waals surface area contributed by atoms with Crippen molar-refractivity contribution in [3.63, 3.8) is 0 Å². The Bertz CT molecular complexity index is 1380. The molecule has 1 unspecified atom stereocenters. The van der Waals surface area contributed by atoms with E-state index in [1.807, 2.05) is 42.5 Å². The van der Waals surface area contributed by atoms with Gasteiger partial charge in [0, 0.05) is 30.3 Å². The molecule has 3 aromatic carbocycles. The molecule has 7 nitrogen and oxygen atoms in total. The smallest absolute Gasteiger partial charge is 0.307 e. The fourth-order valence-corrected chi connectivity index (χ4v) is 5.57. The van der Waals surface area contributed by atoms with Crippen LogP contribution in [0.25, 0.3) is 11.1 Å². The topological polar surface area (TPSA) is 88.1 Å². The lowest BCUT2D eigenvalue weighted by Crippen LogP contribution is -2.23. The molecule has 0 radical (unpaired) electrons. The lowest BCUT2D eigenvalue weighted by molar-refractivity contribution is -0.141. The Labute approximate surface area is 231 Å². The number of aliphatic carboxylic acids is 1. The molecule has 0 bridgehead atoms. The molecule has 3 aromatic rings. The number of hydrogen-bond donors (Lipinski definition) is 2. The van der Waals surface area contributed by atoms with E-state index in [0.29, 0.717) is 59.7 Å². The van der Waals surface area contributed by atoms with Crippen LogP contribution in [0.15, 0.2) is 54.6 Å². The van der Waals surface area contributed by atoms with E-state index in [2.05, 4.69) is 16.3 Å². The van der Waals surface area contributed by atoms with E-state index < -0.39 is 11.6 Å². The van der Waals surface area contributed by atoms with Gasteiger partial charge in [0.2, 0.25) is 6.41 Å². The number of amides is 1. The van der Waals surface area contributed by atoms with Gasteiger partial charge in [0.05, 0.1) is 28.8 Å². The highest BCUT2D eigenvalue weighted by molar-refractivity contribution is 6.36. The number of rotatable bonds is 10. The summed E-state index contributed by atoms with van der Waals surface area (Å²) < 4.78 is 12.2. The van der Waals surface area contributed by atoms with E-state index in [4.69, 9.17) is 32.7 Å². The quantitative estimate of drug-likeness (QED) is 0.289. The number of benzene rings is 3. The minimum atomic E-state index is -0.757. The second-order valence-electron chi connectivity index (χ2n) is 9.76. The number of ether oxygens (including phenoxy) is 2. The molecule has 2 fully saturated rings. The molecule has 1 heterocycles. The van der Waals surface area contributed by atoms with Gasteiger partial charge in [-0.1, -0.05) is 53.5 Å². The van der Waals surface area contributed by atoms with Crippen LogP contribution in [0.5, 0.6) is 11.5 Å². The zero-order valence-corrected chi connectivity index (χ0v) is 22.4. The first-order valence-electron chi connectivity index (χ1n) is 12.4. The molecule has 198 valence electrons. The first-order valence-corrected chi connectivity index (χ1v) is 13.2. The minimum Gasteiger partial charge on any atom is -0.496 e. The van der Waals surface area contributed by atoms with Gasteiger partial charge in [0.1, 0.15) is 17.1 Å². The average molecular weight is 555 g/mol. The number of carboxylic acids is 1. The number of hydrogen-bond acceptors (Lipinski definition) is 5. The summed E-state index contributed by atoms with van der Waals surface area (Å²) in [6, 6.07) is 17.2. The fourth-order valence-electron chi connectivity index (χ4n) is 5.06. The Hall–Kier alpha value is -3.26. The molecular weight excluding hydrogens is 527 g/mol. The zero-order chi connectivity index (χ0) is 26.9. The average Bonchev–Trinajstić information content (AvgIpc) is 3.54. The highest BCUT2D eigenvalue weighted by atomic mass is 35.5. The molecule has 38 heavy (non-hydrogen) atoms. The molecule has 2 aliphatic rings. The van der Waals surface area contributed by atoms with Crippen LogP contribution in [0.2, 0.25) is 10.0 Å². The maximum atomic E-state index is 11.3. The summed E-state index contributed by atoms with van der Waals surface area (Å²) in [7, 11) is 1.61. The standard InChI is InChI=1S/C29H28Cl2N2O5/c1-37-25-14-26(23(30)13-20(25)16-33-11-8-19(15-33)28(35)36)38-29(9-10-29)21-5-2-4-18(12-21)22-6-3-7-24(27(22)31)32-17-34/h2-7,12-14,17,19H,8-11,15-16H2,1H3,(H,32,34)(H,35,36). The molecule has 1 amide bonds. The van der Waals surface area contributed by atoms with E-state index in [1.54, 1.807) is 13.2 Å². The van der Waals surface area contributed by atoms with E-state index >= 15 is 0 Å². The molecule has 1 aliphatic heterocycles. The lowest BCUT2D eigenvalue weighted by Gasteiger charge is -2.23. The zero-order valence-electron chi connectivity index (χ0n) is 20.9. The minimum absolute atomic E-state index is 0.344. The van der Waals surface area contributed by atoms with E-state index in [0.717, 1.165) is 35.1 Å². The highest BCUT2D eigenvalue weighted by Gasteiger charge is 2.48. The van der Waals surface area contributed by atoms with E-state index in [-0.39, 0.29) is 5.92 Å². The third-order valence-corrected chi connectivity index (χ3v) is 7.98. The van der Waals surface area contributed by atoms with Crippen LogP contribution in [0.4, 0.5) is 5.69 Å². The van der Waals surface area contributed by atoms with Crippen LogP contribution in [-0.4, -0.2) is 42.6 Å². The largest absolute Gasteiger partial charge is 0.496 e. The summed E-state index contributed by atoms with van der Waals surface area (Å²) in [5.41, 5.74) is 3.67. The van der Waals surface area contributed by atoms with Gasteiger partial charge < -0.3 is 19.9 Å². The maximum absolute atomic E-state index is 11.3. The number of methoxy groups -OCH3 is 1. The highest BCUT2D eigenvalue weighted by Crippen LogP contribution is 2.52.